The number of likely N-dealkylation sites (tertiary alicyclic amines) is 1. The first-order valence-electron chi connectivity index (χ1n) is 8.20. The molecule has 2 saturated heterocycles. The van der Waals surface area contributed by atoms with Crippen LogP contribution in [-0.4, -0.2) is 72.6 Å². The molecule has 0 aromatic heterocycles. The summed E-state index contributed by atoms with van der Waals surface area (Å²) in [6.07, 6.45) is 3.96. The Hall–Kier alpha value is -0.650. The van der Waals surface area contributed by atoms with Crippen molar-refractivity contribution in [3.63, 3.8) is 0 Å². The predicted octanol–water partition coefficient (Wildman–Crippen LogP) is 0.0215. The number of rotatable bonds is 4. The van der Waals surface area contributed by atoms with Gasteiger partial charge in [0.25, 0.3) is 0 Å². The Morgan fingerprint density at radius 3 is 2.80 bits per heavy atom. The zero-order chi connectivity index (χ0) is 14.1. The minimum Gasteiger partial charge on any atom is -0.355 e. The van der Waals surface area contributed by atoms with Crippen molar-refractivity contribution in [2.75, 3.05) is 32.7 Å². The molecule has 2 aliphatic heterocycles. The summed E-state index contributed by atoms with van der Waals surface area (Å²) >= 11 is 0. The molecular formula is C15H28N4O. The Morgan fingerprint density at radius 2 is 2.10 bits per heavy atom. The molecule has 2 heterocycles. The fourth-order valence-electron chi connectivity index (χ4n) is 3.87. The number of piperazine rings is 1. The normalized spacial score (nSPS) is 36.2. The molecule has 0 bridgehead atoms. The van der Waals surface area contributed by atoms with Crippen LogP contribution >= 0.6 is 0 Å². The van der Waals surface area contributed by atoms with E-state index >= 15 is 0 Å². The molecule has 1 saturated carbocycles. The van der Waals surface area contributed by atoms with Crippen LogP contribution in [0.4, 0.5) is 0 Å². The van der Waals surface area contributed by atoms with Crippen LogP contribution in [0.15, 0.2) is 0 Å². The fraction of sp³-hybridized carbons (Fsp3) is 0.933. The summed E-state index contributed by atoms with van der Waals surface area (Å²) in [5.41, 5.74) is 0. The summed E-state index contributed by atoms with van der Waals surface area (Å²) in [4.78, 5) is 17.4. The molecule has 1 aliphatic carbocycles. The van der Waals surface area contributed by atoms with E-state index in [1.165, 1.54) is 19.3 Å². The van der Waals surface area contributed by atoms with Gasteiger partial charge in [-0.2, -0.15) is 0 Å². The molecule has 5 nitrogen and oxygen atoms in total. The maximum Gasteiger partial charge on any atom is 0.238 e. The van der Waals surface area contributed by atoms with Gasteiger partial charge in [0.05, 0.1) is 0 Å². The number of nitrogens with one attached hydrogen (secondary N) is 2. The monoisotopic (exact) mass is 280 g/mol. The molecule has 3 rings (SSSR count). The Balaban J connectivity index is 1.65. The standard InChI is InChI=1S/C15H28N4O/c1-3-17-15(20)14-9-16-6-7-18(14)13-8-11(2)19(10-13)12-4-5-12/h11-14,16H,3-10H2,1-2H3,(H,17,20). The van der Waals surface area contributed by atoms with E-state index in [1.807, 2.05) is 6.92 Å². The van der Waals surface area contributed by atoms with Crippen LogP contribution in [0.1, 0.15) is 33.1 Å². The third-order valence-electron chi connectivity index (χ3n) is 5.02. The molecule has 0 spiro atoms. The third-order valence-corrected chi connectivity index (χ3v) is 5.02. The highest BCUT2D eigenvalue weighted by Gasteiger charge is 2.43. The van der Waals surface area contributed by atoms with Crippen LogP contribution in [0.2, 0.25) is 0 Å². The van der Waals surface area contributed by atoms with Gasteiger partial charge in [0.1, 0.15) is 6.04 Å². The van der Waals surface area contributed by atoms with Gasteiger partial charge in [0, 0.05) is 50.8 Å². The highest BCUT2D eigenvalue weighted by Crippen LogP contribution is 2.35. The van der Waals surface area contributed by atoms with Crippen molar-refractivity contribution in [3.8, 4) is 0 Å². The van der Waals surface area contributed by atoms with E-state index in [9.17, 15) is 4.79 Å². The van der Waals surface area contributed by atoms with Crippen LogP contribution in [0.5, 0.6) is 0 Å². The Labute approximate surface area is 122 Å². The van der Waals surface area contributed by atoms with Gasteiger partial charge in [0.2, 0.25) is 5.91 Å². The Bertz CT molecular complexity index is 358. The van der Waals surface area contributed by atoms with Gasteiger partial charge in [-0.3, -0.25) is 14.6 Å². The van der Waals surface area contributed by atoms with Gasteiger partial charge in [-0.25, -0.2) is 0 Å². The molecule has 20 heavy (non-hydrogen) atoms. The van der Waals surface area contributed by atoms with Gasteiger partial charge in [-0.15, -0.1) is 0 Å². The van der Waals surface area contributed by atoms with E-state index in [0.29, 0.717) is 12.1 Å². The van der Waals surface area contributed by atoms with Crippen LogP contribution < -0.4 is 10.6 Å². The second-order valence-corrected chi connectivity index (χ2v) is 6.52. The van der Waals surface area contributed by atoms with Crippen LogP contribution in [-0.2, 0) is 4.79 Å². The Morgan fingerprint density at radius 1 is 1.30 bits per heavy atom. The zero-order valence-corrected chi connectivity index (χ0v) is 12.8. The van der Waals surface area contributed by atoms with E-state index in [1.54, 1.807) is 0 Å². The molecule has 0 aromatic rings. The van der Waals surface area contributed by atoms with E-state index in [2.05, 4.69) is 27.4 Å². The lowest BCUT2D eigenvalue weighted by Gasteiger charge is -2.39. The van der Waals surface area contributed by atoms with Crippen LogP contribution in [0, 0.1) is 0 Å². The number of hydrogen-bond donors (Lipinski definition) is 2. The number of nitrogens with zero attached hydrogens (tertiary/aromatic N) is 2. The lowest BCUT2D eigenvalue weighted by molar-refractivity contribution is -0.127. The molecule has 3 atom stereocenters. The van der Waals surface area contributed by atoms with Gasteiger partial charge in [-0.1, -0.05) is 0 Å². The molecule has 0 radical (unpaired) electrons. The molecule has 3 fully saturated rings. The van der Waals surface area contributed by atoms with Gasteiger partial charge in [-0.05, 0) is 33.1 Å². The lowest BCUT2D eigenvalue weighted by Crippen LogP contribution is -2.61. The van der Waals surface area contributed by atoms with E-state index < -0.39 is 0 Å². The first-order chi connectivity index (χ1) is 9.70. The second kappa shape index (κ2) is 6.00. The maximum absolute atomic E-state index is 12.3. The van der Waals surface area contributed by atoms with Crippen molar-refractivity contribution in [3.05, 3.63) is 0 Å². The summed E-state index contributed by atoms with van der Waals surface area (Å²) in [6.45, 7) is 9.01. The third kappa shape index (κ3) is 2.85. The van der Waals surface area contributed by atoms with Crippen molar-refractivity contribution in [2.24, 2.45) is 0 Å². The van der Waals surface area contributed by atoms with E-state index in [-0.39, 0.29) is 11.9 Å². The minimum absolute atomic E-state index is 0.0139. The second-order valence-electron chi connectivity index (χ2n) is 6.52. The highest BCUT2D eigenvalue weighted by molar-refractivity contribution is 5.82. The largest absolute Gasteiger partial charge is 0.355 e. The van der Waals surface area contributed by atoms with Crippen LogP contribution in [0.3, 0.4) is 0 Å². The fourth-order valence-corrected chi connectivity index (χ4v) is 3.87. The van der Waals surface area contributed by atoms with Gasteiger partial charge >= 0.3 is 0 Å². The van der Waals surface area contributed by atoms with Crippen molar-refractivity contribution in [1.29, 1.82) is 0 Å². The first kappa shape index (κ1) is 14.3. The average Bonchev–Trinajstić information content (AvgIpc) is 3.22. The average molecular weight is 280 g/mol. The summed E-state index contributed by atoms with van der Waals surface area (Å²) in [6, 6.07) is 2.08. The SMILES string of the molecule is CCNC(=O)C1CNCCN1C1CC(C)N(C2CC2)C1. The number of amides is 1. The molecule has 0 aromatic carbocycles. The number of carbonyl (C=O) groups is 1. The van der Waals surface area contributed by atoms with Crippen molar-refractivity contribution < 1.29 is 4.79 Å². The van der Waals surface area contributed by atoms with Crippen molar-refractivity contribution in [1.82, 2.24) is 20.4 Å². The van der Waals surface area contributed by atoms with Crippen molar-refractivity contribution in [2.45, 2.75) is 57.3 Å². The lowest BCUT2D eigenvalue weighted by atomic mass is 10.1. The van der Waals surface area contributed by atoms with Gasteiger partial charge in [0.15, 0.2) is 0 Å². The van der Waals surface area contributed by atoms with E-state index in [0.717, 1.165) is 38.8 Å². The van der Waals surface area contributed by atoms with Crippen molar-refractivity contribution >= 4 is 5.91 Å². The molecular weight excluding hydrogens is 252 g/mol. The summed E-state index contributed by atoms with van der Waals surface area (Å²) in [5, 5.41) is 6.36. The highest BCUT2D eigenvalue weighted by atomic mass is 16.2. The molecule has 3 unspecified atom stereocenters. The van der Waals surface area contributed by atoms with Gasteiger partial charge < -0.3 is 10.6 Å². The number of hydrogen-bond acceptors (Lipinski definition) is 4. The van der Waals surface area contributed by atoms with Crippen LogP contribution in [0.25, 0.3) is 0 Å². The smallest absolute Gasteiger partial charge is 0.238 e. The maximum atomic E-state index is 12.3. The topological polar surface area (TPSA) is 47.6 Å². The minimum atomic E-state index is 0.0139. The predicted molar refractivity (Wildman–Crippen MR) is 79.6 cm³/mol. The molecule has 2 N–H and O–H groups in total. The zero-order valence-electron chi connectivity index (χ0n) is 12.8. The van der Waals surface area contributed by atoms with E-state index in [4.69, 9.17) is 0 Å². The quantitative estimate of drug-likeness (QED) is 0.762. The summed E-state index contributed by atoms with van der Waals surface area (Å²) in [5.74, 6) is 0.192. The number of carbonyl (C=O) groups excluding carboxylic acids is 1. The molecule has 1 amide bonds. The summed E-state index contributed by atoms with van der Waals surface area (Å²) in [7, 11) is 0. The Kier molecular flexibility index (Phi) is 4.29. The molecule has 114 valence electrons. The molecule has 3 aliphatic rings. The summed E-state index contributed by atoms with van der Waals surface area (Å²) < 4.78 is 0. The molecule has 5 heteroatoms. The number of likely N-dealkylation sites (N-methyl/N-ethyl adjacent to an activating group) is 1. The first-order valence-corrected chi connectivity index (χ1v) is 8.20.